The predicted molar refractivity (Wildman–Crippen MR) is 87.1 cm³/mol. The minimum Gasteiger partial charge on any atom is -0.316 e. The van der Waals surface area contributed by atoms with Crippen LogP contribution in [0.25, 0.3) is 10.1 Å². The molecule has 0 fully saturated rings. The Morgan fingerprint density at radius 2 is 2.00 bits per heavy atom. The molecule has 19 heavy (non-hydrogen) atoms. The first-order valence-electron chi connectivity index (χ1n) is 7.51. The molecule has 0 bridgehead atoms. The van der Waals surface area contributed by atoms with Crippen LogP contribution in [-0.4, -0.2) is 13.1 Å². The summed E-state index contributed by atoms with van der Waals surface area (Å²) in [5, 5.41) is 7.40. The monoisotopic (exact) mass is 275 g/mol. The highest BCUT2D eigenvalue weighted by Crippen LogP contribution is 2.28. The van der Waals surface area contributed by atoms with Crippen molar-refractivity contribution in [3.05, 3.63) is 35.2 Å². The van der Waals surface area contributed by atoms with Crippen LogP contribution >= 0.6 is 11.3 Å². The highest BCUT2D eigenvalue weighted by molar-refractivity contribution is 7.17. The van der Waals surface area contributed by atoms with Crippen LogP contribution in [0.1, 0.15) is 38.7 Å². The molecule has 104 valence electrons. The van der Waals surface area contributed by atoms with Gasteiger partial charge in [-0.1, -0.05) is 38.5 Å². The number of rotatable bonds is 8. The van der Waals surface area contributed by atoms with E-state index in [1.54, 1.807) is 0 Å². The summed E-state index contributed by atoms with van der Waals surface area (Å²) < 4.78 is 1.43. The zero-order valence-corrected chi connectivity index (χ0v) is 12.9. The van der Waals surface area contributed by atoms with Crippen LogP contribution in [0.15, 0.2) is 29.6 Å². The molecular weight excluding hydrogens is 250 g/mol. The minimum atomic E-state index is 0.773. The molecule has 2 rings (SSSR count). The lowest BCUT2D eigenvalue weighted by atomic mass is 9.94. The van der Waals surface area contributed by atoms with Crippen LogP contribution in [0.4, 0.5) is 0 Å². The third-order valence-electron chi connectivity index (χ3n) is 3.63. The van der Waals surface area contributed by atoms with E-state index in [-0.39, 0.29) is 0 Å². The van der Waals surface area contributed by atoms with E-state index in [1.165, 1.54) is 41.3 Å². The fourth-order valence-corrected chi connectivity index (χ4v) is 3.65. The van der Waals surface area contributed by atoms with Crippen molar-refractivity contribution >= 4 is 21.4 Å². The number of hydrogen-bond donors (Lipinski definition) is 1. The second-order valence-corrected chi connectivity index (χ2v) is 6.23. The average Bonchev–Trinajstić information content (AvgIpc) is 2.83. The molecule has 2 aromatic rings. The number of benzene rings is 1. The molecule has 2 heteroatoms. The topological polar surface area (TPSA) is 12.0 Å². The molecule has 1 aromatic carbocycles. The molecule has 0 saturated carbocycles. The Morgan fingerprint density at radius 1 is 1.16 bits per heavy atom. The van der Waals surface area contributed by atoms with E-state index >= 15 is 0 Å². The van der Waals surface area contributed by atoms with E-state index in [0.717, 1.165) is 19.0 Å². The summed E-state index contributed by atoms with van der Waals surface area (Å²) >= 11 is 1.88. The summed E-state index contributed by atoms with van der Waals surface area (Å²) in [5.41, 5.74) is 1.54. The summed E-state index contributed by atoms with van der Waals surface area (Å²) in [5.74, 6) is 0.773. The van der Waals surface area contributed by atoms with Gasteiger partial charge in [0.05, 0.1) is 0 Å². The Labute approximate surface area is 121 Å². The van der Waals surface area contributed by atoms with Crippen molar-refractivity contribution in [3.63, 3.8) is 0 Å². The maximum Gasteiger partial charge on any atom is 0.0345 e. The van der Waals surface area contributed by atoms with Gasteiger partial charge in [-0.05, 0) is 60.7 Å². The molecular formula is C17H25NS. The van der Waals surface area contributed by atoms with Crippen LogP contribution in [0.5, 0.6) is 0 Å². The molecule has 0 aliphatic carbocycles. The summed E-state index contributed by atoms with van der Waals surface area (Å²) in [6.45, 7) is 6.82. The molecule has 1 unspecified atom stereocenters. The van der Waals surface area contributed by atoms with Gasteiger partial charge in [0.15, 0.2) is 0 Å². The second-order valence-electron chi connectivity index (χ2n) is 5.32. The lowest BCUT2D eigenvalue weighted by Crippen LogP contribution is -2.24. The minimum absolute atomic E-state index is 0.773. The molecule has 0 aliphatic heterocycles. The Bertz CT molecular complexity index is 489. The zero-order valence-electron chi connectivity index (χ0n) is 12.1. The van der Waals surface area contributed by atoms with E-state index in [1.807, 2.05) is 11.3 Å². The lowest BCUT2D eigenvalue weighted by Gasteiger charge is -2.16. The Kier molecular flexibility index (Phi) is 5.87. The van der Waals surface area contributed by atoms with Gasteiger partial charge in [-0.25, -0.2) is 0 Å². The Hall–Kier alpha value is -0.860. The number of thiophene rings is 1. The van der Waals surface area contributed by atoms with Crippen molar-refractivity contribution < 1.29 is 0 Å². The SMILES string of the molecule is CCCNCC(CCC)Cc1csc2ccccc12. The second kappa shape index (κ2) is 7.66. The highest BCUT2D eigenvalue weighted by Gasteiger charge is 2.11. The van der Waals surface area contributed by atoms with Crippen molar-refractivity contribution in [2.24, 2.45) is 5.92 Å². The standard InChI is InChI=1S/C17H25NS/c1-3-7-14(12-18-10-4-2)11-15-13-19-17-9-6-5-8-16(15)17/h5-6,8-9,13-14,18H,3-4,7,10-12H2,1-2H3. The summed E-state index contributed by atoms with van der Waals surface area (Å²) in [7, 11) is 0. The molecule has 1 N–H and O–H groups in total. The fourth-order valence-electron chi connectivity index (χ4n) is 2.67. The van der Waals surface area contributed by atoms with Crippen molar-refractivity contribution in [2.75, 3.05) is 13.1 Å². The number of fused-ring (bicyclic) bond motifs is 1. The lowest BCUT2D eigenvalue weighted by molar-refractivity contribution is 0.440. The third kappa shape index (κ3) is 4.05. The summed E-state index contributed by atoms with van der Waals surface area (Å²) in [6, 6.07) is 8.79. The van der Waals surface area contributed by atoms with Crippen LogP contribution in [0, 0.1) is 5.92 Å². The Morgan fingerprint density at radius 3 is 2.79 bits per heavy atom. The molecule has 0 amide bonds. The molecule has 0 saturated heterocycles. The van der Waals surface area contributed by atoms with Gasteiger partial charge < -0.3 is 5.32 Å². The molecule has 0 radical (unpaired) electrons. The van der Waals surface area contributed by atoms with Crippen molar-refractivity contribution in [2.45, 2.75) is 39.5 Å². The van der Waals surface area contributed by atoms with Gasteiger partial charge in [-0.2, -0.15) is 0 Å². The van der Waals surface area contributed by atoms with Crippen molar-refractivity contribution in [1.82, 2.24) is 5.32 Å². The molecule has 1 nitrogen and oxygen atoms in total. The van der Waals surface area contributed by atoms with Gasteiger partial charge in [-0.15, -0.1) is 11.3 Å². The maximum absolute atomic E-state index is 3.58. The van der Waals surface area contributed by atoms with Crippen LogP contribution < -0.4 is 5.32 Å². The predicted octanol–water partition coefficient (Wildman–Crippen LogP) is 4.86. The van der Waals surface area contributed by atoms with Crippen LogP contribution in [0.2, 0.25) is 0 Å². The van der Waals surface area contributed by atoms with Gasteiger partial charge >= 0.3 is 0 Å². The number of hydrogen-bond acceptors (Lipinski definition) is 2. The van der Waals surface area contributed by atoms with E-state index < -0.39 is 0 Å². The molecule has 0 aliphatic rings. The molecule has 1 aromatic heterocycles. The molecule has 1 atom stereocenters. The van der Waals surface area contributed by atoms with Gasteiger partial charge in [0.2, 0.25) is 0 Å². The first-order chi connectivity index (χ1) is 9.35. The van der Waals surface area contributed by atoms with Crippen LogP contribution in [0.3, 0.4) is 0 Å². The summed E-state index contributed by atoms with van der Waals surface area (Å²) in [6.07, 6.45) is 5.04. The normalized spacial score (nSPS) is 12.9. The van der Waals surface area contributed by atoms with Gasteiger partial charge in [-0.3, -0.25) is 0 Å². The summed E-state index contributed by atoms with van der Waals surface area (Å²) in [4.78, 5) is 0. The Balaban J connectivity index is 2.03. The maximum atomic E-state index is 3.58. The van der Waals surface area contributed by atoms with Crippen LogP contribution in [-0.2, 0) is 6.42 Å². The first-order valence-corrected chi connectivity index (χ1v) is 8.39. The fraction of sp³-hybridized carbons (Fsp3) is 0.529. The average molecular weight is 275 g/mol. The first kappa shape index (κ1) is 14.5. The van der Waals surface area contributed by atoms with E-state index in [0.29, 0.717) is 0 Å². The van der Waals surface area contributed by atoms with Crippen molar-refractivity contribution in [3.8, 4) is 0 Å². The van der Waals surface area contributed by atoms with E-state index in [4.69, 9.17) is 0 Å². The zero-order chi connectivity index (χ0) is 13.5. The van der Waals surface area contributed by atoms with E-state index in [2.05, 4.69) is 48.8 Å². The van der Waals surface area contributed by atoms with Gasteiger partial charge in [0.1, 0.15) is 0 Å². The van der Waals surface area contributed by atoms with Gasteiger partial charge in [0, 0.05) is 4.70 Å². The highest BCUT2D eigenvalue weighted by atomic mass is 32.1. The smallest absolute Gasteiger partial charge is 0.0345 e. The van der Waals surface area contributed by atoms with E-state index in [9.17, 15) is 0 Å². The number of nitrogens with one attached hydrogen (secondary N) is 1. The largest absolute Gasteiger partial charge is 0.316 e. The van der Waals surface area contributed by atoms with Gasteiger partial charge in [0.25, 0.3) is 0 Å². The molecule has 0 spiro atoms. The van der Waals surface area contributed by atoms with Crippen molar-refractivity contribution in [1.29, 1.82) is 0 Å². The quantitative estimate of drug-likeness (QED) is 0.678. The third-order valence-corrected chi connectivity index (χ3v) is 4.64. The molecule has 1 heterocycles.